The molecule has 0 bridgehead atoms. The van der Waals surface area contributed by atoms with Gasteiger partial charge >= 0.3 is 5.97 Å². The number of hydrogen-bond acceptors (Lipinski definition) is 2. The van der Waals surface area contributed by atoms with Crippen molar-refractivity contribution in [1.82, 2.24) is 0 Å². The molecule has 0 heterocycles. The number of halogens is 1. The Morgan fingerprint density at radius 1 is 1.32 bits per heavy atom. The van der Waals surface area contributed by atoms with Crippen LogP contribution in [0.4, 0.5) is 0 Å². The van der Waals surface area contributed by atoms with Gasteiger partial charge in [0.1, 0.15) is 0 Å². The molecule has 0 aliphatic heterocycles. The Hall–Kier alpha value is -1.02. The highest BCUT2D eigenvalue weighted by molar-refractivity contribution is 6.21. The molecule has 1 aliphatic carbocycles. The Morgan fingerprint density at radius 3 is 2.79 bits per heavy atom. The molecule has 0 amide bonds. The third-order valence-electron chi connectivity index (χ3n) is 3.56. The fourth-order valence-corrected chi connectivity index (χ4v) is 2.95. The van der Waals surface area contributed by atoms with Gasteiger partial charge in [-0.3, -0.25) is 4.79 Å². The van der Waals surface area contributed by atoms with Crippen LogP contribution in [0.1, 0.15) is 42.9 Å². The summed E-state index contributed by atoms with van der Waals surface area (Å²) in [6.07, 6.45) is 5.97. The van der Waals surface area contributed by atoms with Crippen LogP contribution in [0.2, 0.25) is 0 Å². The zero-order chi connectivity index (χ0) is 13.7. The average molecular weight is 281 g/mol. The van der Waals surface area contributed by atoms with Crippen molar-refractivity contribution < 1.29 is 9.53 Å². The number of rotatable bonds is 5. The van der Waals surface area contributed by atoms with Gasteiger partial charge in [-0.25, -0.2) is 0 Å². The summed E-state index contributed by atoms with van der Waals surface area (Å²) in [5.41, 5.74) is 4.17. The molecule has 1 aromatic rings. The summed E-state index contributed by atoms with van der Waals surface area (Å²) < 4.78 is 4.92. The van der Waals surface area contributed by atoms with Crippen molar-refractivity contribution >= 4 is 17.6 Å². The Kier molecular flexibility index (Phi) is 5.26. The zero-order valence-corrected chi connectivity index (χ0v) is 12.2. The summed E-state index contributed by atoms with van der Waals surface area (Å²) in [4.78, 5) is 11.4. The van der Waals surface area contributed by atoms with E-state index in [0.717, 1.165) is 6.42 Å². The van der Waals surface area contributed by atoms with E-state index >= 15 is 0 Å². The largest absolute Gasteiger partial charge is 0.466 e. The van der Waals surface area contributed by atoms with Gasteiger partial charge in [0, 0.05) is 5.38 Å². The van der Waals surface area contributed by atoms with Gasteiger partial charge in [-0.05, 0) is 55.7 Å². The summed E-state index contributed by atoms with van der Waals surface area (Å²) in [6, 6.07) is 6.62. The van der Waals surface area contributed by atoms with Gasteiger partial charge in [-0.2, -0.15) is 0 Å². The Balaban J connectivity index is 1.93. The summed E-state index contributed by atoms with van der Waals surface area (Å²) in [7, 11) is 0. The lowest BCUT2D eigenvalue weighted by Crippen LogP contribution is -2.14. The molecule has 1 aromatic carbocycles. The van der Waals surface area contributed by atoms with Crippen molar-refractivity contribution in [1.29, 1.82) is 0 Å². The minimum atomic E-state index is -0.208. The lowest BCUT2D eigenvalue weighted by molar-refractivity contribution is -0.143. The lowest BCUT2D eigenvalue weighted by atomic mass is 9.89. The van der Waals surface area contributed by atoms with Crippen molar-refractivity contribution in [2.45, 2.75) is 50.8 Å². The van der Waals surface area contributed by atoms with Gasteiger partial charge in [0.05, 0.1) is 13.0 Å². The molecule has 1 aliphatic rings. The second-order valence-electron chi connectivity index (χ2n) is 5.12. The van der Waals surface area contributed by atoms with Crippen molar-refractivity contribution in [2.75, 3.05) is 6.61 Å². The van der Waals surface area contributed by atoms with E-state index in [1.54, 1.807) is 0 Å². The Morgan fingerprint density at radius 2 is 2.05 bits per heavy atom. The van der Waals surface area contributed by atoms with Crippen LogP contribution >= 0.6 is 11.6 Å². The van der Waals surface area contributed by atoms with Crippen molar-refractivity contribution in [3.05, 3.63) is 34.9 Å². The number of aryl methyl sites for hydroxylation is 2. The second-order valence-corrected chi connectivity index (χ2v) is 5.74. The van der Waals surface area contributed by atoms with Crippen LogP contribution in [0.25, 0.3) is 0 Å². The van der Waals surface area contributed by atoms with Crippen molar-refractivity contribution in [3.63, 3.8) is 0 Å². The Labute approximate surface area is 120 Å². The number of alkyl halides is 1. The summed E-state index contributed by atoms with van der Waals surface area (Å²) in [5, 5.41) is -0.180. The molecule has 0 aromatic heterocycles. The average Bonchev–Trinajstić information content (AvgIpc) is 2.38. The third-order valence-corrected chi connectivity index (χ3v) is 3.87. The second kappa shape index (κ2) is 6.95. The fraction of sp³-hybridized carbons (Fsp3) is 0.562. The molecule has 1 atom stereocenters. The first kappa shape index (κ1) is 14.4. The summed E-state index contributed by atoms with van der Waals surface area (Å²) >= 11 is 6.23. The fourth-order valence-electron chi connectivity index (χ4n) is 2.64. The van der Waals surface area contributed by atoms with Gasteiger partial charge in [-0.1, -0.05) is 18.2 Å². The maximum absolute atomic E-state index is 11.4. The summed E-state index contributed by atoms with van der Waals surface area (Å²) in [5.74, 6) is -0.208. The number of hydrogen-bond donors (Lipinski definition) is 0. The molecule has 1 unspecified atom stereocenters. The molecular formula is C16H21ClO2. The highest BCUT2D eigenvalue weighted by Crippen LogP contribution is 2.23. The molecule has 0 fully saturated rings. The van der Waals surface area contributed by atoms with E-state index in [-0.39, 0.29) is 17.8 Å². The van der Waals surface area contributed by atoms with Gasteiger partial charge in [0.2, 0.25) is 0 Å². The highest BCUT2D eigenvalue weighted by Gasteiger charge is 2.14. The van der Waals surface area contributed by atoms with Crippen molar-refractivity contribution in [2.24, 2.45) is 0 Å². The molecule has 19 heavy (non-hydrogen) atoms. The molecule has 0 spiro atoms. The van der Waals surface area contributed by atoms with E-state index in [2.05, 4.69) is 18.2 Å². The smallest absolute Gasteiger partial charge is 0.307 e. The van der Waals surface area contributed by atoms with E-state index in [4.69, 9.17) is 16.3 Å². The monoisotopic (exact) mass is 280 g/mol. The van der Waals surface area contributed by atoms with E-state index in [9.17, 15) is 4.79 Å². The molecule has 2 nitrogen and oxygen atoms in total. The van der Waals surface area contributed by atoms with Crippen LogP contribution in [0, 0.1) is 0 Å². The van der Waals surface area contributed by atoms with Crippen LogP contribution in [0.3, 0.4) is 0 Å². The van der Waals surface area contributed by atoms with Gasteiger partial charge in [0.25, 0.3) is 0 Å². The highest BCUT2D eigenvalue weighted by atomic mass is 35.5. The molecule has 0 N–H and O–H groups in total. The van der Waals surface area contributed by atoms with E-state index in [0.29, 0.717) is 6.61 Å². The Bertz CT molecular complexity index is 442. The lowest BCUT2D eigenvalue weighted by Gasteiger charge is -2.17. The first-order valence-corrected chi connectivity index (χ1v) is 7.53. The number of fused-ring (bicyclic) bond motifs is 1. The van der Waals surface area contributed by atoms with Gasteiger partial charge in [0.15, 0.2) is 0 Å². The van der Waals surface area contributed by atoms with Crippen LogP contribution in [-0.2, 0) is 28.8 Å². The third kappa shape index (κ3) is 4.24. The molecule has 0 saturated carbocycles. The minimum Gasteiger partial charge on any atom is -0.466 e. The number of esters is 1. The number of benzene rings is 1. The first-order valence-electron chi connectivity index (χ1n) is 7.09. The maximum Gasteiger partial charge on any atom is 0.307 e. The predicted octanol–water partition coefficient (Wildman–Crippen LogP) is 3.67. The standard InChI is InChI=1S/C16H21ClO2/c1-2-19-16(18)11-15(17)10-12-7-8-13-5-3-4-6-14(13)9-12/h7-9,15H,2-6,10-11H2,1H3. The van der Waals surface area contributed by atoms with Gasteiger partial charge < -0.3 is 4.74 Å². The van der Waals surface area contributed by atoms with Crippen molar-refractivity contribution in [3.8, 4) is 0 Å². The topological polar surface area (TPSA) is 26.3 Å². The molecule has 2 rings (SSSR count). The quantitative estimate of drug-likeness (QED) is 0.608. The van der Waals surface area contributed by atoms with E-state index in [1.807, 2.05) is 6.92 Å². The molecule has 104 valence electrons. The minimum absolute atomic E-state index is 0.180. The predicted molar refractivity (Wildman–Crippen MR) is 77.7 cm³/mol. The zero-order valence-electron chi connectivity index (χ0n) is 11.5. The number of carbonyl (C=O) groups is 1. The van der Waals surface area contributed by atoms with Crippen LogP contribution < -0.4 is 0 Å². The van der Waals surface area contributed by atoms with E-state index < -0.39 is 0 Å². The molecular weight excluding hydrogens is 260 g/mol. The SMILES string of the molecule is CCOC(=O)CC(Cl)Cc1ccc2c(c1)CCCC2. The summed E-state index contributed by atoms with van der Waals surface area (Å²) in [6.45, 7) is 2.23. The van der Waals surface area contributed by atoms with E-state index in [1.165, 1.54) is 42.4 Å². The van der Waals surface area contributed by atoms with Crippen LogP contribution in [0.15, 0.2) is 18.2 Å². The molecule has 3 heteroatoms. The molecule has 0 radical (unpaired) electrons. The van der Waals surface area contributed by atoms with Crippen LogP contribution in [-0.4, -0.2) is 18.0 Å². The number of carbonyl (C=O) groups excluding carboxylic acids is 1. The first-order chi connectivity index (χ1) is 9.19. The normalized spacial score (nSPS) is 15.7. The maximum atomic E-state index is 11.4. The number of ether oxygens (including phenoxy) is 1. The molecule has 0 saturated heterocycles. The van der Waals surface area contributed by atoms with Gasteiger partial charge in [-0.15, -0.1) is 11.6 Å². The van der Waals surface area contributed by atoms with Crippen LogP contribution in [0.5, 0.6) is 0 Å².